The zero-order valence-corrected chi connectivity index (χ0v) is 16.5. The molecule has 31 heavy (non-hydrogen) atoms. The van der Waals surface area contributed by atoms with Crippen molar-refractivity contribution in [2.75, 3.05) is 24.1 Å². The molecule has 1 aliphatic heterocycles. The number of carbonyl (C=O) groups is 1. The second-order valence-electron chi connectivity index (χ2n) is 7.13. The predicted molar refractivity (Wildman–Crippen MR) is 112 cm³/mol. The van der Waals surface area contributed by atoms with Gasteiger partial charge in [0.1, 0.15) is 0 Å². The third kappa shape index (κ3) is 4.80. The Bertz CT molecular complexity index is 1100. The summed E-state index contributed by atoms with van der Waals surface area (Å²) in [6, 6.07) is 9.24. The standard InChI is InChI=1S/C21H21FN6O3/c22-16-11-13(23)5-6-18(16)31-19-15(4-1-8-24-19)17-7-9-25-20(27-17)26-14-3-2-10-28(12-14)21(29)30/h1,4-9,11,14H,2-3,10,12,23H2,(H,29,30)(H,25,26,27)/t14-/m0/s1. The van der Waals surface area contributed by atoms with Gasteiger partial charge in [-0.1, -0.05) is 0 Å². The third-order valence-corrected chi connectivity index (χ3v) is 4.89. The fourth-order valence-corrected chi connectivity index (χ4v) is 3.40. The van der Waals surface area contributed by atoms with Gasteiger partial charge in [0.25, 0.3) is 0 Å². The van der Waals surface area contributed by atoms with Gasteiger partial charge >= 0.3 is 6.09 Å². The highest BCUT2D eigenvalue weighted by Gasteiger charge is 2.24. The fraction of sp³-hybridized carbons (Fsp3) is 0.238. The van der Waals surface area contributed by atoms with Crippen LogP contribution in [0.25, 0.3) is 11.3 Å². The van der Waals surface area contributed by atoms with Gasteiger partial charge in [-0.15, -0.1) is 0 Å². The van der Waals surface area contributed by atoms with Gasteiger partial charge in [0.05, 0.1) is 11.3 Å². The first-order valence-corrected chi connectivity index (χ1v) is 9.75. The number of hydrogen-bond donors (Lipinski definition) is 3. The molecule has 0 saturated carbocycles. The number of pyridine rings is 1. The molecule has 0 aliphatic carbocycles. The lowest BCUT2D eigenvalue weighted by molar-refractivity contribution is 0.132. The Morgan fingerprint density at radius 1 is 1.26 bits per heavy atom. The number of hydrogen-bond acceptors (Lipinski definition) is 7. The number of rotatable bonds is 5. The summed E-state index contributed by atoms with van der Waals surface area (Å²) in [7, 11) is 0. The van der Waals surface area contributed by atoms with E-state index in [1.165, 1.54) is 23.2 Å². The second-order valence-corrected chi connectivity index (χ2v) is 7.13. The molecule has 9 nitrogen and oxygen atoms in total. The van der Waals surface area contributed by atoms with E-state index < -0.39 is 11.9 Å². The highest BCUT2D eigenvalue weighted by Crippen LogP contribution is 2.32. The van der Waals surface area contributed by atoms with E-state index in [9.17, 15) is 14.3 Å². The molecule has 4 N–H and O–H groups in total. The number of benzene rings is 1. The number of carboxylic acid groups (broad SMARTS) is 1. The van der Waals surface area contributed by atoms with Crippen molar-refractivity contribution in [2.45, 2.75) is 18.9 Å². The Kier molecular flexibility index (Phi) is 5.78. The number of nitrogens with one attached hydrogen (secondary N) is 1. The number of ether oxygens (including phenoxy) is 1. The van der Waals surface area contributed by atoms with E-state index in [1.807, 2.05) is 0 Å². The predicted octanol–water partition coefficient (Wildman–Crippen LogP) is 3.61. The first kappa shape index (κ1) is 20.3. The van der Waals surface area contributed by atoms with E-state index in [1.54, 1.807) is 30.5 Å². The Balaban J connectivity index is 1.56. The van der Waals surface area contributed by atoms with Crippen LogP contribution >= 0.6 is 0 Å². The number of halogens is 1. The Hall–Kier alpha value is -3.95. The van der Waals surface area contributed by atoms with Crippen LogP contribution in [0.3, 0.4) is 0 Å². The van der Waals surface area contributed by atoms with Crippen molar-refractivity contribution in [3.8, 4) is 22.9 Å². The zero-order chi connectivity index (χ0) is 21.8. The van der Waals surface area contributed by atoms with Gasteiger partial charge < -0.3 is 25.8 Å². The van der Waals surface area contributed by atoms with Crippen LogP contribution in [0, 0.1) is 5.82 Å². The van der Waals surface area contributed by atoms with Gasteiger partial charge in [0, 0.05) is 43.3 Å². The molecule has 1 aliphatic rings. The van der Waals surface area contributed by atoms with Crippen LogP contribution in [0.1, 0.15) is 12.8 Å². The molecule has 0 spiro atoms. The van der Waals surface area contributed by atoms with E-state index in [-0.39, 0.29) is 17.7 Å². The van der Waals surface area contributed by atoms with Gasteiger partial charge in [0.15, 0.2) is 11.6 Å². The maximum atomic E-state index is 14.2. The van der Waals surface area contributed by atoms with Crippen molar-refractivity contribution in [1.82, 2.24) is 19.9 Å². The van der Waals surface area contributed by atoms with Crippen LogP contribution in [0.15, 0.2) is 48.8 Å². The minimum Gasteiger partial charge on any atom is -0.465 e. The number of nitrogen functional groups attached to an aromatic ring is 1. The monoisotopic (exact) mass is 424 g/mol. The molecule has 3 aromatic rings. The topological polar surface area (TPSA) is 126 Å². The van der Waals surface area contributed by atoms with E-state index in [2.05, 4.69) is 20.3 Å². The minimum absolute atomic E-state index is 0.00229. The number of nitrogens with zero attached hydrogens (tertiary/aromatic N) is 4. The summed E-state index contributed by atoms with van der Waals surface area (Å²) in [5, 5.41) is 12.4. The largest absolute Gasteiger partial charge is 0.465 e. The summed E-state index contributed by atoms with van der Waals surface area (Å²) in [6.07, 6.45) is 3.76. The Labute approximate surface area is 177 Å². The van der Waals surface area contributed by atoms with Gasteiger partial charge in [0.2, 0.25) is 11.8 Å². The van der Waals surface area contributed by atoms with Crippen molar-refractivity contribution in [2.24, 2.45) is 0 Å². The second kappa shape index (κ2) is 8.82. The molecule has 4 rings (SSSR count). The van der Waals surface area contributed by atoms with Crippen LogP contribution in [0.2, 0.25) is 0 Å². The number of amides is 1. The van der Waals surface area contributed by atoms with Gasteiger partial charge in [-0.2, -0.15) is 0 Å². The number of anilines is 2. The molecular weight excluding hydrogens is 403 g/mol. The average Bonchev–Trinajstić information content (AvgIpc) is 2.76. The zero-order valence-electron chi connectivity index (χ0n) is 16.5. The lowest BCUT2D eigenvalue weighted by Crippen LogP contribution is -2.44. The van der Waals surface area contributed by atoms with Gasteiger partial charge in [-0.05, 0) is 43.2 Å². The summed E-state index contributed by atoms with van der Waals surface area (Å²) in [4.78, 5) is 25.6. The molecule has 3 heterocycles. The molecule has 1 amide bonds. The molecular formula is C21H21FN6O3. The minimum atomic E-state index is -0.937. The van der Waals surface area contributed by atoms with E-state index in [0.29, 0.717) is 36.0 Å². The highest BCUT2D eigenvalue weighted by molar-refractivity contribution is 5.66. The molecule has 1 fully saturated rings. The quantitative estimate of drug-likeness (QED) is 0.530. The van der Waals surface area contributed by atoms with Crippen LogP contribution in [-0.4, -0.2) is 50.2 Å². The first-order chi connectivity index (χ1) is 15.0. The van der Waals surface area contributed by atoms with Crippen molar-refractivity contribution >= 4 is 17.7 Å². The Morgan fingerprint density at radius 3 is 2.94 bits per heavy atom. The van der Waals surface area contributed by atoms with Crippen LogP contribution in [0.5, 0.6) is 11.6 Å². The first-order valence-electron chi connectivity index (χ1n) is 9.75. The molecule has 0 radical (unpaired) electrons. The van der Waals surface area contributed by atoms with Crippen molar-refractivity contribution < 1.29 is 19.0 Å². The number of piperidine rings is 1. The Morgan fingerprint density at radius 2 is 2.13 bits per heavy atom. The van der Waals surface area contributed by atoms with E-state index in [4.69, 9.17) is 10.5 Å². The molecule has 0 unspecified atom stereocenters. The molecule has 160 valence electrons. The lowest BCUT2D eigenvalue weighted by atomic mass is 10.1. The summed E-state index contributed by atoms with van der Waals surface area (Å²) in [5.74, 6) is -0.0480. The maximum Gasteiger partial charge on any atom is 0.407 e. The average molecular weight is 424 g/mol. The lowest BCUT2D eigenvalue weighted by Gasteiger charge is -2.31. The van der Waals surface area contributed by atoms with E-state index in [0.717, 1.165) is 12.8 Å². The smallest absolute Gasteiger partial charge is 0.407 e. The molecule has 2 aromatic heterocycles. The SMILES string of the molecule is Nc1ccc(Oc2ncccc2-c2ccnc(N[C@H]3CCCN(C(=O)O)C3)n2)c(F)c1. The van der Waals surface area contributed by atoms with Crippen molar-refractivity contribution in [1.29, 1.82) is 0 Å². The van der Waals surface area contributed by atoms with Gasteiger partial charge in [-0.25, -0.2) is 24.1 Å². The van der Waals surface area contributed by atoms with Crippen molar-refractivity contribution in [3.63, 3.8) is 0 Å². The number of aromatic nitrogens is 3. The van der Waals surface area contributed by atoms with E-state index >= 15 is 0 Å². The number of nitrogens with two attached hydrogens (primary N) is 1. The molecule has 1 saturated heterocycles. The van der Waals surface area contributed by atoms with Crippen molar-refractivity contribution in [3.05, 3.63) is 54.6 Å². The normalized spacial score (nSPS) is 16.0. The summed E-state index contributed by atoms with van der Waals surface area (Å²) >= 11 is 0. The summed E-state index contributed by atoms with van der Waals surface area (Å²) in [5.41, 5.74) is 6.97. The molecule has 10 heteroatoms. The molecule has 1 atom stereocenters. The highest BCUT2D eigenvalue weighted by atomic mass is 19.1. The van der Waals surface area contributed by atoms with Crippen LogP contribution in [0.4, 0.5) is 20.8 Å². The number of likely N-dealkylation sites (tertiary alicyclic amines) is 1. The third-order valence-electron chi connectivity index (χ3n) is 4.89. The van der Waals surface area contributed by atoms with Crippen LogP contribution < -0.4 is 15.8 Å². The molecule has 1 aromatic carbocycles. The van der Waals surface area contributed by atoms with Gasteiger partial charge in [-0.3, -0.25) is 0 Å². The summed E-state index contributed by atoms with van der Waals surface area (Å²) < 4.78 is 19.9. The maximum absolute atomic E-state index is 14.2. The fourth-order valence-electron chi connectivity index (χ4n) is 3.40. The summed E-state index contributed by atoms with van der Waals surface area (Å²) in [6.45, 7) is 0.882. The van der Waals surface area contributed by atoms with Crippen LogP contribution in [-0.2, 0) is 0 Å². The molecule has 0 bridgehead atoms.